The van der Waals surface area contributed by atoms with Crippen LogP contribution in [0.1, 0.15) is 5.56 Å². The average Bonchev–Trinajstić information content (AvgIpc) is 2.57. The molecule has 0 bridgehead atoms. The Morgan fingerprint density at radius 2 is 1.50 bits per heavy atom. The first-order valence-electron chi connectivity index (χ1n) is 3.74. The SMILES string of the molecule is Cc1cc[cH-]c1.[Cl-].[Cl-].[Cr+4].c1cc[cH-]c1. The number of rotatable bonds is 0. The third-order valence-corrected chi connectivity index (χ3v) is 1.38. The second-order valence-corrected chi connectivity index (χ2v) is 2.42. The van der Waals surface area contributed by atoms with E-state index in [0.717, 1.165) is 0 Å². The Hall–Kier alpha value is -0.188. The van der Waals surface area contributed by atoms with E-state index in [2.05, 4.69) is 19.1 Å². The van der Waals surface area contributed by atoms with Crippen molar-refractivity contribution in [1.29, 1.82) is 0 Å². The maximum atomic E-state index is 2.08. The molecular weight excluding hydrogens is 255 g/mol. The van der Waals surface area contributed by atoms with Crippen molar-refractivity contribution in [2.75, 3.05) is 0 Å². The van der Waals surface area contributed by atoms with Gasteiger partial charge in [0, 0.05) is 0 Å². The number of hydrogen-bond acceptors (Lipinski definition) is 0. The fourth-order valence-corrected chi connectivity index (χ4v) is 0.791. The minimum Gasteiger partial charge on any atom is -1.00 e. The quantitative estimate of drug-likeness (QED) is 0.450. The summed E-state index contributed by atoms with van der Waals surface area (Å²) in [5.41, 5.74) is 1.34. The topological polar surface area (TPSA) is 0 Å². The van der Waals surface area contributed by atoms with Gasteiger partial charge in [0.2, 0.25) is 0 Å². The molecule has 0 saturated carbocycles. The average molecular weight is 267 g/mol. The van der Waals surface area contributed by atoms with Crippen molar-refractivity contribution >= 4 is 0 Å². The maximum absolute atomic E-state index is 2.08. The van der Waals surface area contributed by atoms with E-state index >= 15 is 0 Å². The molecule has 0 aromatic heterocycles. The molecule has 0 N–H and O–H groups in total. The summed E-state index contributed by atoms with van der Waals surface area (Å²) >= 11 is 0. The zero-order chi connectivity index (χ0) is 7.94. The van der Waals surface area contributed by atoms with E-state index in [4.69, 9.17) is 0 Å². The van der Waals surface area contributed by atoms with Crippen molar-refractivity contribution < 1.29 is 42.2 Å². The van der Waals surface area contributed by atoms with Gasteiger partial charge in [-0.05, 0) is 0 Å². The minimum atomic E-state index is 0. The van der Waals surface area contributed by atoms with E-state index in [1.807, 2.05) is 42.5 Å². The van der Waals surface area contributed by atoms with Crippen LogP contribution >= 0.6 is 0 Å². The molecular formula is C11H12Cl2Cr. The van der Waals surface area contributed by atoms with Crippen LogP contribution in [0.4, 0.5) is 0 Å². The molecule has 76 valence electrons. The summed E-state index contributed by atoms with van der Waals surface area (Å²) in [6.45, 7) is 2.08. The van der Waals surface area contributed by atoms with E-state index in [-0.39, 0.29) is 42.2 Å². The van der Waals surface area contributed by atoms with Gasteiger partial charge in [0.05, 0.1) is 0 Å². The van der Waals surface area contributed by atoms with Gasteiger partial charge in [0.1, 0.15) is 0 Å². The molecule has 0 saturated heterocycles. The molecule has 2 aromatic rings. The second kappa shape index (κ2) is 12.8. The van der Waals surface area contributed by atoms with Gasteiger partial charge in [-0.1, -0.05) is 6.92 Å². The predicted molar refractivity (Wildman–Crippen MR) is 48.8 cm³/mol. The molecule has 0 spiro atoms. The second-order valence-electron chi connectivity index (χ2n) is 2.42. The van der Waals surface area contributed by atoms with Crippen molar-refractivity contribution in [3.8, 4) is 0 Å². The molecule has 2 rings (SSSR count). The summed E-state index contributed by atoms with van der Waals surface area (Å²) in [4.78, 5) is 0. The number of hydrogen-bond donors (Lipinski definition) is 0. The molecule has 0 heterocycles. The minimum absolute atomic E-state index is 0. The van der Waals surface area contributed by atoms with Gasteiger partial charge < -0.3 is 24.8 Å². The third kappa shape index (κ3) is 9.90. The Balaban J connectivity index is -0.000000144. The molecule has 0 aliphatic carbocycles. The van der Waals surface area contributed by atoms with E-state index in [1.165, 1.54) is 5.56 Å². The van der Waals surface area contributed by atoms with Gasteiger partial charge in [0.15, 0.2) is 0 Å². The van der Waals surface area contributed by atoms with E-state index in [1.54, 1.807) is 0 Å². The fraction of sp³-hybridized carbons (Fsp3) is 0.0909. The van der Waals surface area contributed by atoms with Gasteiger partial charge >= 0.3 is 17.4 Å². The summed E-state index contributed by atoms with van der Waals surface area (Å²) in [5, 5.41) is 0. The van der Waals surface area contributed by atoms with Crippen LogP contribution in [0.2, 0.25) is 0 Å². The van der Waals surface area contributed by atoms with E-state index < -0.39 is 0 Å². The first-order valence-corrected chi connectivity index (χ1v) is 3.74. The molecule has 0 aliphatic heterocycles. The zero-order valence-corrected chi connectivity index (χ0v) is 10.6. The summed E-state index contributed by atoms with van der Waals surface area (Å²) in [6, 6.07) is 18.2. The molecule has 0 unspecified atom stereocenters. The van der Waals surface area contributed by atoms with Crippen LogP contribution in [-0.2, 0) is 17.4 Å². The van der Waals surface area contributed by atoms with Crippen LogP contribution in [0.3, 0.4) is 0 Å². The molecule has 0 radical (unpaired) electrons. The van der Waals surface area contributed by atoms with Crippen LogP contribution in [0.5, 0.6) is 0 Å². The summed E-state index contributed by atoms with van der Waals surface area (Å²) in [5.74, 6) is 0. The normalized spacial score (nSPS) is 6.64. The Bertz CT molecular complexity index is 231. The number of aryl methyl sites for hydroxylation is 1. The van der Waals surface area contributed by atoms with E-state index in [9.17, 15) is 0 Å². The van der Waals surface area contributed by atoms with Crippen molar-refractivity contribution in [2.24, 2.45) is 0 Å². The molecule has 0 nitrogen and oxygen atoms in total. The van der Waals surface area contributed by atoms with E-state index in [0.29, 0.717) is 0 Å². The van der Waals surface area contributed by atoms with Crippen molar-refractivity contribution in [1.82, 2.24) is 0 Å². The Labute approximate surface area is 109 Å². The number of halogens is 2. The molecule has 0 fully saturated rings. The summed E-state index contributed by atoms with van der Waals surface area (Å²) in [6.07, 6.45) is 0. The standard InChI is InChI=1S/C6H7.C5H5.2ClH.Cr/c1-6-4-2-3-5-6;1-2-4-5-3-1;;;/h2-5H,1H3;1-5H;2*1H;/q2*-1;;;+4/p-2. The zero-order valence-electron chi connectivity index (χ0n) is 7.86. The Morgan fingerprint density at radius 3 is 1.64 bits per heavy atom. The monoisotopic (exact) mass is 266 g/mol. The van der Waals surface area contributed by atoms with Crippen molar-refractivity contribution in [2.45, 2.75) is 6.92 Å². The first-order chi connectivity index (χ1) is 5.39. The van der Waals surface area contributed by atoms with Crippen molar-refractivity contribution in [3.05, 3.63) is 60.2 Å². The third-order valence-electron chi connectivity index (χ3n) is 1.38. The smallest absolute Gasteiger partial charge is 1.00 e. The van der Waals surface area contributed by atoms with Crippen LogP contribution in [0.15, 0.2) is 54.6 Å². The molecule has 0 atom stereocenters. The van der Waals surface area contributed by atoms with Crippen LogP contribution in [0, 0.1) is 6.92 Å². The van der Waals surface area contributed by atoms with Crippen molar-refractivity contribution in [3.63, 3.8) is 0 Å². The molecule has 14 heavy (non-hydrogen) atoms. The predicted octanol–water partition coefficient (Wildman–Crippen LogP) is -2.88. The molecule has 2 aromatic carbocycles. The van der Waals surface area contributed by atoms with Gasteiger partial charge in [-0.25, -0.2) is 23.8 Å². The van der Waals surface area contributed by atoms with Gasteiger partial charge in [-0.3, -0.25) is 0 Å². The van der Waals surface area contributed by atoms with Crippen LogP contribution in [0.25, 0.3) is 0 Å². The molecule has 0 amide bonds. The Morgan fingerprint density at radius 1 is 0.929 bits per heavy atom. The maximum Gasteiger partial charge on any atom is 4.00 e. The van der Waals surface area contributed by atoms with Gasteiger partial charge in [-0.15, -0.1) is 0 Å². The first kappa shape index (κ1) is 19.4. The molecule has 3 heteroatoms. The molecule has 0 aliphatic rings. The van der Waals surface area contributed by atoms with Crippen LogP contribution < -0.4 is 24.8 Å². The summed E-state index contributed by atoms with van der Waals surface area (Å²) in [7, 11) is 0. The summed E-state index contributed by atoms with van der Waals surface area (Å²) < 4.78 is 0. The van der Waals surface area contributed by atoms with Gasteiger partial charge in [-0.2, -0.15) is 36.4 Å². The van der Waals surface area contributed by atoms with Gasteiger partial charge in [0.25, 0.3) is 0 Å². The Kier molecular flexibility index (Phi) is 17.7. The van der Waals surface area contributed by atoms with Crippen LogP contribution in [-0.4, -0.2) is 0 Å². The fourth-order valence-electron chi connectivity index (χ4n) is 0.791. The largest absolute Gasteiger partial charge is 4.00 e.